The molecule has 0 saturated carbocycles. The molecule has 0 spiro atoms. The van der Waals surface area contributed by atoms with Crippen molar-refractivity contribution in [2.45, 2.75) is 32.6 Å². The Morgan fingerprint density at radius 3 is 2.15 bits per heavy atom. The molecule has 2 rings (SSSR count). The molecule has 0 unspecified atom stereocenters. The molecule has 0 radical (unpaired) electrons. The number of ether oxygens (including phenoxy) is 2. The molecule has 20 heavy (non-hydrogen) atoms. The highest BCUT2D eigenvalue weighted by molar-refractivity contribution is 5.97. The van der Waals surface area contributed by atoms with Gasteiger partial charge in [-0.2, -0.15) is 0 Å². The summed E-state index contributed by atoms with van der Waals surface area (Å²) in [6, 6.07) is 3.66. The second-order valence-electron chi connectivity index (χ2n) is 5.23. The van der Waals surface area contributed by atoms with Gasteiger partial charge in [0.05, 0.1) is 19.8 Å². The van der Waals surface area contributed by atoms with E-state index in [0.717, 1.165) is 37.2 Å². The summed E-state index contributed by atoms with van der Waals surface area (Å²) in [6.07, 6.45) is 4.57. The van der Waals surface area contributed by atoms with Crippen molar-refractivity contribution in [3.63, 3.8) is 0 Å². The Labute approximate surface area is 120 Å². The van der Waals surface area contributed by atoms with Gasteiger partial charge < -0.3 is 14.4 Å². The second-order valence-corrected chi connectivity index (χ2v) is 5.23. The summed E-state index contributed by atoms with van der Waals surface area (Å²) < 4.78 is 10.7. The summed E-state index contributed by atoms with van der Waals surface area (Å²) in [5.74, 6) is 1.39. The van der Waals surface area contributed by atoms with Gasteiger partial charge in [0, 0.05) is 13.1 Å². The third kappa shape index (κ3) is 3.06. The van der Waals surface area contributed by atoms with Crippen molar-refractivity contribution in [3.05, 3.63) is 23.3 Å². The van der Waals surface area contributed by atoms with E-state index in [0.29, 0.717) is 11.3 Å². The lowest BCUT2D eigenvalue weighted by Gasteiger charge is -2.22. The van der Waals surface area contributed by atoms with Crippen LogP contribution in [0.25, 0.3) is 0 Å². The molecule has 1 aliphatic rings. The van der Waals surface area contributed by atoms with Gasteiger partial charge in [0.25, 0.3) is 5.91 Å². The molecule has 110 valence electrons. The zero-order valence-electron chi connectivity index (χ0n) is 12.6. The molecule has 0 aromatic heterocycles. The van der Waals surface area contributed by atoms with Crippen molar-refractivity contribution >= 4 is 5.91 Å². The Kier molecular flexibility index (Phi) is 4.88. The largest absolute Gasteiger partial charge is 0.496 e. The lowest BCUT2D eigenvalue weighted by atomic mass is 10.1. The van der Waals surface area contributed by atoms with Crippen LogP contribution in [0.4, 0.5) is 0 Å². The molecule has 1 aliphatic heterocycles. The third-order valence-electron chi connectivity index (χ3n) is 3.84. The van der Waals surface area contributed by atoms with Gasteiger partial charge in [-0.1, -0.05) is 12.8 Å². The number of aryl methyl sites for hydroxylation is 1. The summed E-state index contributed by atoms with van der Waals surface area (Å²) in [5.41, 5.74) is 1.56. The average Bonchev–Trinajstić information content (AvgIpc) is 2.75. The third-order valence-corrected chi connectivity index (χ3v) is 3.84. The summed E-state index contributed by atoms with van der Waals surface area (Å²) >= 11 is 0. The Morgan fingerprint density at radius 1 is 1.00 bits per heavy atom. The van der Waals surface area contributed by atoms with Crippen LogP contribution >= 0.6 is 0 Å². The number of rotatable bonds is 3. The molecular formula is C16H23NO3. The Hall–Kier alpha value is -1.71. The maximum atomic E-state index is 12.7. The Morgan fingerprint density at radius 2 is 1.60 bits per heavy atom. The molecule has 1 heterocycles. The molecule has 1 amide bonds. The highest BCUT2D eigenvalue weighted by Crippen LogP contribution is 2.29. The monoisotopic (exact) mass is 277 g/mol. The normalized spacial score (nSPS) is 15.7. The molecule has 0 N–H and O–H groups in total. The van der Waals surface area contributed by atoms with Crippen molar-refractivity contribution in [1.29, 1.82) is 0 Å². The molecule has 0 atom stereocenters. The van der Waals surface area contributed by atoms with Crippen LogP contribution in [0.15, 0.2) is 12.1 Å². The van der Waals surface area contributed by atoms with E-state index in [1.165, 1.54) is 12.8 Å². The number of hydrogen-bond acceptors (Lipinski definition) is 3. The molecule has 0 aliphatic carbocycles. The first-order valence-electron chi connectivity index (χ1n) is 7.19. The van der Waals surface area contributed by atoms with E-state index in [-0.39, 0.29) is 5.91 Å². The fraction of sp³-hybridized carbons (Fsp3) is 0.562. The Bertz CT molecular complexity index is 477. The van der Waals surface area contributed by atoms with E-state index in [2.05, 4.69) is 0 Å². The zero-order valence-corrected chi connectivity index (χ0v) is 12.6. The summed E-state index contributed by atoms with van der Waals surface area (Å²) in [5, 5.41) is 0. The van der Waals surface area contributed by atoms with Crippen LogP contribution in [0.1, 0.15) is 41.6 Å². The Balaban J connectivity index is 2.31. The first kappa shape index (κ1) is 14.7. The van der Waals surface area contributed by atoms with Crippen LogP contribution in [0, 0.1) is 6.92 Å². The van der Waals surface area contributed by atoms with Crippen LogP contribution < -0.4 is 9.47 Å². The van der Waals surface area contributed by atoms with Crippen molar-refractivity contribution in [2.24, 2.45) is 0 Å². The quantitative estimate of drug-likeness (QED) is 0.852. The number of benzene rings is 1. The first-order chi connectivity index (χ1) is 9.67. The van der Waals surface area contributed by atoms with Crippen LogP contribution in [0.5, 0.6) is 11.5 Å². The van der Waals surface area contributed by atoms with E-state index in [1.54, 1.807) is 20.3 Å². The van der Waals surface area contributed by atoms with Gasteiger partial charge >= 0.3 is 0 Å². The zero-order chi connectivity index (χ0) is 14.5. The number of hydrogen-bond donors (Lipinski definition) is 0. The van der Waals surface area contributed by atoms with Gasteiger partial charge in [-0.3, -0.25) is 4.79 Å². The minimum absolute atomic E-state index is 0.0436. The van der Waals surface area contributed by atoms with Gasteiger partial charge in [-0.05, 0) is 37.5 Å². The standard InChI is InChI=1S/C16H23NO3/c1-12-10-15(20-3)13(11-14(12)19-2)16(18)17-8-6-4-5-7-9-17/h10-11H,4-9H2,1-3H3. The SMILES string of the molecule is COc1cc(C(=O)N2CCCCCC2)c(OC)cc1C. The molecule has 1 fully saturated rings. The van der Waals surface area contributed by atoms with Crippen molar-refractivity contribution in [3.8, 4) is 11.5 Å². The fourth-order valence-corrected chi connectivity index (χ4v) is 2.66. The number of nitrogens with zero attached hydrogens (tertiary/aromatic N) is 1. The predicted molar refractivity (Wildman–Crippen MR) is 78.7 cm³/mol. The minimum Gasteiger partial charge on any atom is -0.496 e. The van der Waals surface area contributed by atoms with Crippen molar-refractivity contribution in [2.75, 3.05) is 27.3 Å². The highest BCUT2D eigenvalue weighted by Gasteiger charge is 2.22. The molecule has 1 saturated heterocycles. The van der Waals surface area contributed by atoms with Gasteiger partial charge in [0.15, 0.2) is 0 Å². The summed E-state index contributed by atoms with van der Waals surface area (Å²) in [6.45, 7) is 3.61. The number of carbonyl (C=O) groups excluding carboxylic acids is 1. The molecule has 1 aromatic rings. The summed E-state index contributed by atoms with van der Waals surface area (Å²) in [4.78, 5) is 14.6. The lowest BCUT2D eigenvalue weighted by molar-refractivity contribution is 0.0758. The topological polar surface area (TPSA) is 38.8 Å². The molecule has 0 bridgehead atoms. The smallest absolute Gasteiger partial charge is 0.257 e. The minimum atomic E-state index is 0.0436. The number of likely N-dealkylation sites (tertiary alicyclic amines) is 1. The van der Waals surface area contributed by atoms with E-state index in [1.807, 2.05) is 17.9 Å². The van der Waals surface area contributed by atoms with E-state index in [9.17, 15) is 4.79 Å². The van der Waals surface area contributed by atoms with E-state index in [4.69, 9.17) is 9.47 Å². The van der Waals surface area contributed by atoms with Crippen molar-refractivity contribution < 1.29 is 14.3 Å². The van der Waals surface area contributed by atoms with Gasteiger partial charge in [0.1, 0.15) is 11.5 Å². The van der Waals surface area contributed by atoms with Gasteiger partial charge in [-0.15, -0.1) is 0 Å². The summed E-state index contributed by atoms with van der Waals surface area (Å²) in [7, 11) is 3.22. The van der Waals surface area contributed by atoms with Gasteiger partial charge in [-0.25, -0.2) is 0 Å². The molecule has 1 aromatic carbocycles. The maximum Gasteiger partial charge on any atom is 0.257 e. The number of carbonyl (C=O) groups is 1. The highest BCUT2D eigenvalue weighted by atomic mass is 16.5. The fourth-order valence-electron chi connectivity index (χ4n) is 2.66. The van der Waals surface area contributed by atoms with Crippen LogP contribution in [-0.4, -0.2) is 38.1 Å². The van der Waals surface area contributed by atoms with E-state index >= 15 is 0 Å². The second kappa shape index (κ2) is 6.64. The van der Waals surface area contributed by atoms with Crippen molar-refractivity contribution in [1.82, 2.24) is 4.90 Å². The van der Waals surface area contributed by atoms with Crippen LogP contribution in [0.3, 0.4) is 0 Å². The number of methoxy groups -OCH3 is 2. The van der Waals surface area contributed by atoms with Crippen LogP contribution in [-0.2, 0) is 0 Å². The maximum absolute atomic E-state index is 12.7. The predicted octanol–water partition coefficient (Wildman–Crippen LogP) is 3.03. The molecule has 4 heteroatoms. The van der Waals surface area contributed by atoms with E-state index < -0.39 is 0 Å². The first-order valence-corrected chi connectivity index (χ1v) is 7.19. The molecular weight excluding hydrogens is 254 g/mol. The average molecular weight is 277 g/mol. The molecule has 4 nitrogen and oxygen atoms in total. The van der Waals surface area contributed by atoms with Gasteiger partial charge in [0.2, 0.25) is 0 Å². The number of amides is 1. The lowest BCUT2D eigenvalue weighted by Crippen LogP contribution is -2.32. The van der Waals surface area contributed by atoms with Crippen LogP contribution in [0.2, 0.25) is 0 Å².